The average molecular weight is 779 g/mol. The van der Waals surface area contributed by atoms with Gasteiger partial charge in [0.1, 0.15) is 6.10 Å². The maximum atomic E-state index is 13.3. The van der Waals surface area contributed by atoms with Crippen LogP contribution in [0.1, 0.15) is 249 Å². The SMILES string of the molecule is C=C(C)[C@@H]1CC[C@]2(C)CC[C@]3(C)[C@](C)(CCC4[C@@]5(C)CC[C@H](OC(=O)CC(O)CCCCCCCCCCCCCCCCCCC)C(C)(C)C5CC[C@]43C)C12. The van der Waals surface area contributed by atoms with E-state index in [4.69, 9.17) is 4.74 Å². The second-order valence-electron chi connectivity index (χ2n) is 23.1. The molecule has 3 heteroatoms. The fourth-order valence-corrected chi connectivity index (χ4v) is 15.9. The van der Waals surface area contributed by atoms with Crippen molar-refractivity contribution in [2.24, 2.45) is 56.2 Å². The van der Waals surface area contributed by atoms with Gasteiger partial charge in [-0.2, -0.15) is 0 Å². The second kappa shape index (κ2) is 19.3. The summed E-state index contributed by atoms with van der Waals surface area (Å²) in [6.07, 6.45) is 36.1. The quantitative estimate of drug-likeness (QED) is 0.0676. The summed E-state index contributed by atoms with van der Waals surface area (Å²) in [5.74, 6) is 2.52. The molecule has 0 amide bonds. The van der Waals surface area contributed by atoms with Crippen molar-refractivity contribution in [1.82, 2.24) is 0 Å². The number of carbonyl (C=O) groups is 1. The molecule has 5 aliphatic carbocycles. The van der Waals surface area contributed by atoms with Crippen LogP contribution in [0.25, 0.3) is 0 Å². The molecule has 5 fully saturated rings. The van der Waals surface area contributed by atoms with Crippen molar-refractivity contribution in [3.05, 3.63) is 12.2 Å². The molecule has 0 aromatic rings. The first-order valence-electron chi connectivity index (χ1n) is 25.0. The third-order valence-corrected chi connectivity index (χ3v) is 19.5. The van der Waals surface area contributed by atoms with Gasteiger partial charge < -0.3 is 9.84 Å². The Morgan fingerprint density at radius 2 is 1.16 bits per heavy atom. The molecule has 11 atom stereocenters. The molecule has 5 saturated carbocycles. The lowest BCUT2D eigenvalue weighted by Crippen LogP contribution is -2.69. The van der Waals surface area contributed by atoms with Crippen molar-refractivity contribution in [1.29, 1.82) is 0 Å². The number of hydrogen-bond donors (Lipinski definition) is 1. The first kappa shape index (κ1) is 46.2. The van der Waals surface area contributed by atoms with E-state index >= 15 is 0 Å². The van der Waals surface area contributed by atoms with Crippen molar-refractivity contribution in [3.63, 3.8) is 0 Å². The Kier molecular flexibility index (Phi) is 15.9. The van der Waals surface area contributed by atoms with Crippen LogP contribution < -0.4 is 0 Å². The molecule has 56 heavy (non-hydrogen) atoms. The predicted molar refractivity (Wildman–Crippen MR) is 239 cm³/mol. The van der Waals surface area contributed by atoms with Gasteiger partial charge in [0.2, 0.25) is 0 Å². The van der Waals surface area contributed by atoms with E-state index in [0.717, 1.165) is 31.6 Å². The van der Waals surface area contributed by atoms with Crippen molar-refractivity contribution in [2.75, 3.05) is 0 Å². The highest BCUT2D eigenvalue weighted by atomic mass is 16.5. The van der Waals surface area contributed by atoms with Crippen molar-refractivity contribution >= 4 is 5.97 Å². The lowest BCUT2D eigenvalue weighted by atomic mass is 9.29. The van der Waals surface area contributed by atoms with Gasteiger partial charge in [-0.15, -0.1) is 0 Å². The van der Waals surface area contributed by atoms with Crippen LogP contribution >= 0.6 is 0 Å². The van der Waals surface area contributed by atoms with E-state index in [-0.39, 0.29) is 29.3 Å². The third-order valence-electron chi connectivity index (χ3n) is 19.5. The molecule has 5 aliphatic rings. The Morgan fingerprint density at radius 3 is 1.71 bits per heavy atom. The molecular weight excluding hydrogens is 685 g/mol. The van der Waals surface area contributed by atoms with Crippen molar-refractivity contribution in [3.8, 4) is 0 Å². The highest BCUT2D eigenvalue weighted by Crippen LogP contribution is 2.81. The van der Waals surface area contributed by atoms with E-state index in [1.165, 1.54) is 153 Å². The smallest absolute Gasteiger partial charge is 0.308 e. The second-order valence-corrected chi connectivity index (χ2v) is 23.1. The van der Waals surface area contributed by atoms with E-state index in [0.29, 0.717) is 45.8 Å². The summed E-state index contributed by atoms with van der Waals surface area (Å²) in [6.45, 7) is 27.5. The number of fused-ring (bicyclic) bond motifs is 7. The highest BCUT2D eigenvalue weighted by Gasteiger charge is 2.74. The molecule has 0 aromatic carbocycles. The number of hydrogen-bond acceptors (Lipinski definition) is 3. The minimum Gasteiger partial charge on any atom is -0.462 e. The van der Waals surface area contributed by atoms with Crippen LogP contribution in [0.4, 0.5) is 0 Å². The van der Waals surface area contributed by atoms with E-state index < -0.39 is 6.10 Å². The molecule has 0 saturated heterocycles. The number of aliphatic hydroxyl groups excluding tert-OH is 1. The molecule has 0 aromatic heterocycles. The van der Waals surface area contributed by atoms with Gasteiger partial charge >= 0.3 is 5.97 Å². The van der Waals surface area contributed by atoms with E-state index in [1.807, 2.05) is 0 Å². The standard InChI is InChI=1S/C53H94O3/c1-11-12-13-14-15-16-17-18-19-20-21-22-23-24-25-26-27-28-41(54)39-46(55)56-45-32-34-50(7)43(48(45,4)5)30-35-51(8)44(50)31-36-52(9)47-42(40(2)3)29-33-49(47,6)37-38-53(51,52)10/h41-45,47,54H,2,11-39H2,1,3-10H3/t41?,42-,43?,44?,45-,47?,49+,50-,51+,52+,53-/m0/s1. The van der Waals surface area contributed by atoms with Crippen molar-refractivity contribution in [2.45, 2.75) is 261 Å². The maximum absolute atomic E-state index is 13.3. The summed E-state index contributed by atoms with van der Waals surface area (Å²) >= 11 is 0. The van der Waals surface area contributed by atoms with Crippen LogP contribution in [0.3, 0.4) is 0 Å². The summed E-state index contributed by atoms with van der Waals surface area (Å²) < 4.78 is 6.38. The Balaban J connectivity index is 1.02. The molecule has 5 rings (SSSR count). The zero-order chi connectivity index (χ0) is 40.8. The number of rotatable bonds is 22. The molecule has 0 heterocycles. The van der Waals surface area contributed by atoms with Crippen LogP contribution in [-0.2, 0) is 9.53 Å². The van der Waals surface area contributed by atoms with E-state index in [1.54, 1.807) is 0 Å². The van der Waals surface area contributed by atoms with Gasteiger partial charge in [0.25, 0.3) is 0 Å². The number of ether oxygens (including phenoxy) is 1. The summed E-state index contributed by atoms with van der Waals surface area (Å²) in [7, 11) is 0. The average Bonchev–Trinajstić information content (AvgIpc) is 3.51. The van der Waals surface area contributed by atoms with Crippen LogP contribution in [0.15, 0.2) is 12.2 Å². The first-order chi connectivity index (χ1) is 26.5. The number of aliphatic hydroxyl groups is 1. The summed E-state index contributed by atoms with van der Waals surface area (Å²) in [5, 5.41) is 10.8. The zero-order valence-electron chi connectivity index (χ0n) is 38.9. The molecular formula is C53H94O3. The molecule has 0 bridgehead atoms. The fraction of sp³-hybridized carbons (Fsp3) is 0.943. The number of carbonyl (C=O) groups excluding carboxylic acids is 1. The third kappa shape index (κ3) is 9.24. The van der Waals surface area contributed by atoms with Gasteiger partial charge in [-0.3, -0.25) is 4.79 Å². The molecule has 4 unspecified atom stereocenters. The van der Waals surface area contributed by atoms with E-state index in [2.05, 4.69) is 68.9 Å². The van der Waals surface area contributed by atoms with Crippen LogP contribution in [0.5, 0.6) is 0 Å². The van der Waals surface area contributed by atoms with Gasteiger partial charge in [0.05, 0.1) is 12.5 Å². The van der Waals surface area contributed by atoms with Crippen LogP contribution in [-0.4, -0.2) is 23.3 Å². The number of allylic oxidation sites excluding steroid dienone is 1. The van der Waals surface area contributed by atoms with Gasteiger partial charge in [-0.05, 0) is 128 Å². The highest BCUT2D eigenvalue weighted by molar-refractivity contribution is 5.70. The summed E-state index contributed by atoms with van der Waals surface area (Å²) in [6, 6.07) is 0. The largest absolute Gasteiger partial charge is 0.462 e. The van der Waals surface area contributed by atoms with Gasteiger partial charge in [0.15, 0.2) is 0 Å². The lowest BCUT2D eigenvalue weighted by molar-refractivity contribution is -0.277. The summed E-state index contributed by atoms with van der Waals surface area (Å²) in [4.78, 5) is 13.3. The maximum Gasteiger partial charge on any atom is 0.308 e. The Bertz CT molecular complexity index is 1270. The minimum absolute atomic E-state index is 0.0559. The Morgan fingerprint density at radius 1 is 0.643 bits per heavy atom. The van der Waals surface area contributed by atoms with Gasteiger partial charge in [0, 0.05) is 5.41 Å². The molecule has 1 N–H and O–H groups in total. The van der Waals surface area contributed by atoms with Crippen LogP contribution in [0.2, 0.25) is 0 Å². The summed E-state index contributed by atoms with van der Waals surface area (Å²) in [5.41, 5.74) is 3.10. The topological polar surface area (TPSA) is 46.5 Å². The number of esters is 1. The lowest BCUT2D eigenvalue weighted by Gasteiger charge is -2.76. The van der Waals surface area contributed by atoms with Crippen LogP contribution in [0, 0.1) is 56.2 Å². The van der Waals surface area contributed by atoms with Gasteiger partial charge in [-0.1, -0.05) is 177 Å². The zero-order valence-corrected chi connectivity index (χ0v) is 38.9. The Hall–Kier alpha value is -0.830. The normalized spacial score (nSPS) is 39.2. The monoisotopic (exact) mass is 779 g/mol. The molecule has 0 radical (unpaired) electrons. The molecule has 0 aliphatic heterocycles. The number of unbranched alkanes of at least 4 members (excludes halogenated alkanes) is 16. The molecule has 324 valence electrons. The molecule has 3 nitrogen and oxygen atoms in total. The van der Waals surface area contributed by atoms with Crippen molar-refractivity contribution < 1.29 is 14.6 Å². The Labute approximate surface area is 348 Å². The fourth-order valence-electron chi connectivity index (χ4n) is 15.9. The molecule has 0 spiro atoms. The predicted octanol–water partition coefficient (Wildman–Crippen LogP) is 15.8. The minimum atomic E-state index is -0.579. The first-order valence-corrected chi connectivity index (χ1v) is 25.0. The van der Waals surface area contributed by atoms with Gasteiger partial charge in [-0.25, -0.2) is 0 Å². The van der Waals surface area contributed by atoms with E-state index in [9.17, 15) is 9.90 Å².